The second-order valence-corrected chi connectivity index (χ2v) is 10.4. The summed E-state index contributed by atoms with van der Waals surface area (Å²) in [5.41, 5.74) is 3.58. The highest BCUT2D eigenvalue weighted by Crippen LogP contribution is 2.31. The van der Waals surface area contributed by atoms with Gasteiger partial charge in [-0.3, -0.25) is 4.79 Å². The Morgan fingerprint density at radius 2 is 1.67 bits per heavy atom. The third-order valence-electron chi connectivity index (χ3n) is 7.80. The number of hydrogen-bond donors (Lipinski definition) is 2. The zero-order chi connectivity index (χ0) is 29.3. The van der Waals surface area contributed by atoms with Crippen LogP contribution >= 0.6 is 0 Å². The topological polar surface area (TPSA) is 141 Å². The van der Waals surface area contributed by atoms with Gasteiger partial charge in [-0.15, -0.1) is 0 Å². The number of hydrogen-bond acceptors (Lipinski definition) is 9. The molecule has 6 heterocycles. The summed E-state index contributed by atoms with van der Waals surface area (Å²) in [5.74, 6) is 0.739. The Hall–Kier alpha value is -5.30. The van der Waals surface area contributed by atoms with Crippen LogP contribution in [-0.4, -0.2) is 99.1 Å². The van der Waals surface area contributed by atoms with E-state index in [-0.39, 0.29) is 5.69 Å². The molecular formula is C30H29N9O4. The molecule has 0 atom stereocenters. The second-order valence-electron chi connectivity index (χ2n) is 10.4. The van der Waals surface area contributed by atoms with E-state index in [9.17, 15) is 14.7 Å². The highest BCUT2D eigenvalue weighted by molar-refractivity contribution is 6.07. The number of morpholine rings is 1. The number of pyridine rings is 2. The quantitative estimate of drug-likeness (QED) is 0.319. The smallest absolute Gasteiger partial charge is 0.407 e. The van der Waals surface area contributed by atoms with Crippen LogP contribution in [0.5, 0.6) is 0 Å². The fraction of sp³-hybridized carbons (Fsp3) is 0.267. The van der Waals surface area contributed by atoms with Crippen LogP contribution in [-0.2, 0) is 4.74 Å². The number of para-hydroxylation sites is 1. The summed E-state index contributed by atoms with van der Waals surface area (Å²) in [7, 11) is 0. The largest absolute Gasteiger partial charge is 0.465 e. The minimum absolute atomic E-state index is 0.202. The first-order valence-electron chi connectivity index (χ1n) is 14.1. The highest BCUT2D eigenvalue weighted by atomic mass is 16.5. The van der Waals surface area contributed by atoms with Crippen LogP contribution in [0.3, 0.4) is 0 Å². The standard InChI is InChI=1S/C30H29N9O4/c40-29(34-24-7-5-20-3-1-2-4-22(20)33-24)26-27(39-28(35-26)23(9-10-32-39)36-15-17-43-18-16-36)21-6-8-25(31-19-21)37-11-13-38(14-12-37)30(41)42/h1-10,19H,11-18H2,(H,41,42)(H,33,34,40). The molecule has 0 bridgehead atoms. The first kappa shape index (κ1) is 26.6. The Kier molecular flexibility index (Phi) is 6.91. The molecule has 13 heteroatoms. The summed E-state index contributed by atoms with van der Waals surface area (Å²) in [6.45, 7) is 4.53. The van der Waals surface area contributed by atoms with Gasteiger partial charge in [0.05, 0.1) is 30.6 Å². The van der Waals surface area contributed by atoms with Gasteiger partial charge < -0.3 is 29.9 Å². The number of nitrogens with one attached hydrogen (secondary N) is 1. The van der Waals surface area contributed by atoms with E-state index in [1.165, 1.54) is 4.90 Å². The molecule has 2 fully saturated rings. The molecule has 2 amide bonds. The molecule has 218 valence electrons. The molecule has 2 aliphatic heterocycles. The molecule has 0 unspecified atom stereocenters. The minimum Gasteiger partial charge on any atom is -0.465 e. The van der Waals surface area contributed by atoms with Crippen LogP contribution in [0.15, 0.2) is 67.0 Å². The number of carbonyl (C=O) groups is 2. The predicted molar refractivity (Wildman–Crippen MR) is 161 cm³/mol. The lowest BCUT2D eigenvalue weighted by molar-refractivity contribution is 0.102. The van der Waals surface area contributed by atoms with Crippen molar-refractivity contribution in [2.24, 2.45) is 0 Å². The van der Waals surface area contributed by atoms with Crippen molar-refractivity contribution in [3.05, 3.63) is 72.7 Å². The number of piperazine rings is 1. The summed E-state index contributed by atoms with van der Waals surface area (Å²) < 4.78 is 7.24. The highest BCUT2D eigenvalue weighted by Gasteiger charge is 2.26. The van der Waals surface area contributed by atoms with Gasteiger partial charge >= 0.3 is 6.09 Å². The van der Waals surface area contributed by atoms with Crippen LogP contribution < -0.4 is 15.1 Å². The Balaban J connectivity index is 1.26. The van der Waals surface area contributed by atoms with Gasteiger partial charge in [0.15, 0.2) is 11.3 Å². The maximum Gasteiger partial charge on any atom is 0.407 e. The molecule has 2 N–H and O–H groups in total. The summed E-state index contributed by atoms with van der Waals surface area (Å²) in [6.07, 6.45) is 2.50. The molecule has 0 spiro atoms. The molecule has 2 aliphatic rings. The number of benzene rings is 1. The number of ether oxygens (including phenoxy) is 1. The zero-order valence-electron chi connectivity index (χ0n) is 23.3. The number of rotatable bonds is 5. The minimum atomic E-state index is -0.913. The summed E-state index contributed by atoms with van der Waals surface area (Å²) in [4.78, 5) is 44.9. The zero-order valence-corrected chi connectivity index (χ0v) is 23.3. The first-order valence-corrected chi connectivity index (χ1v) is 14.1. The Morgan fingerprint density at radius 3 is 2.44 bits per heavy atom. The lowest BCUT2D eigenvalue weighted by Gasteiger charge is -2.33. The van der Waals surface area contributed by atoms with E-state index < -0.39 is 12.0 Å². The maximum atomic E-state index is 13.8. The Morgan fingerprint density at radius 1 is 0.860 bits per heavy atom. The van der Waals surface area contributed by atoms with E-state index in [0.29, 0.717) is 75.2 Å². The summed E-state index contributed by atoms with van der Waals surface area (Å²) >= 11 is 0. The second kappa shape index (κ2) is 11.2. The first-order chi connectivity index (χ1) is 21.0. The van der Waals surface area contributed by atoms with Gasteiger partial charge in [0.1, 0.15) is 17.3 Å². The van der Waals surface area contributed by atoms with Crippen molar-refractivity contribution < 1.29 is 19.4 Å². The van der Waals surface area contributed by atoms with Gasteiger partial charge in [-0.05, 0) is 36.4 Å². The van der Waals surface area contributed by atoms with Crippen LogP contribution in [0.2, 0.25) is 0 Å². The van der Waals surface area contributed by atoms with Crippen molar-refractivity contribution in [2.75, 3.05) is 67.6 Å². The van der Waals surface area contributed by atoms with Gasteiger partial charge in [-0.2, -0.15) is 5.10 Å². The number of carboxylic acid groups (broad SMARTS) is 1. The average Bonchev–Trinajstić information content (AvgIpc) is 3.45. The number of carbonyl (C=O) groups excluding carboxylic acids is 1. The molecule has 0 saturated carbocycles. The Bertz CT molecular complexity index is 1810. The summed E-state index contributed by atoms with van der Waals surface area (Å²) in [5, 5.41) is 17.8. The van der Waals surface area contributed by atoms with E-state index in [2.05, 4.69) is 25.3 Å². The third kappa shape index (κ3) is 5.14. The fourth-order valence-corrected chi connectivity index (χ4v) is 5.56. The van der Waals surface area contributed by atoms with E-state index in [4.69, 9.17) is 9.72 Å². The van der Waals surface area contributed by atoms with Crippen LogP contribution in [0, 0.1) is 0 Å². The molecule has 4 aromatic heterocycles. The molecule has 7 rings (SSSR count). The Labute approximate surface area is 246 Å². The van der Waals surface area contributed by atoms with Gasteiger partial charge in [0.25, 0.3) is 5.91 Å². The molecular weight excluding hydrogens is 550 g/mol. The van der Waals surface area contributed by atoms with E-state index in [1.54, 1.807) is 23.0 Å². The number of nitrogens with zero attached hydrogens (tertiary/aromatic N) is 8. The number of anilines is 3. The van der Waals surface area contributed by atoms with Crippen molar-refractivity contribution in [3.63, 3.8) is 0 Å². The molecule has 5 aromatic rings. The predicted octanol–water partition coefficient (Wildman–Crippen LogP) is 3.23. The molecule has 2 saturated heterocycles. The number of fused-ring (bicyclic) bond motifs is 2. The molecule has 0 aliphatic carbocycles. The molecule has 43 heavy (non-hydrogen) atoms. The van der Waals surface area contributed by atoms with E-state index in [1.807, 2.05) is 53.4 Å². The van der Waals surface area contributed by atoms with Gasteiger partial charge in [-0.25, -0.2) is 24.3 Å². The van der Waals surface area contributed by atoms with Crippen molar-refractivity contribution >= 4 is 45.9 Å². The van der Waals surface area contributed by atoms with Crippen LogP contribution in [0.25, 0.3) is 27.8 Å². The van der Waals surface area contributed by atoms with E-state index >= 15 is 0 Å². The van der Waals surface area contributed by atoms with Crippen LogP contribution in [0.1, 0.15) is 10.5 Å². The van der Waals surface area contributed by atoms with Gasteiger partial charge in [0.2, 0.25) is 0 Å². The SMILES string of the molecule is O=C(Nc1ccc2ccccc2n1)c1nc2c(N3CCOCC3)ccnn2c1-c1ccc(N2CCN(C(=O)O)CC2)nc1. The normalized spacial score (nSPS) is 15.7. The molecule has 13 nitrogen and oxygen atoms in total. The average molecular weight is 580 g/mol. The van der Waals surface area contributed by atoms with Crippen LogP contribution in [0.4, 0.5) is 22.1 Å². The van der Waals surface area contributed by atoms with E-state index in [0.717, 1.165) is 22.4 Å². The van der Waals surface area contributed by atoms with Crippen molar-refractivity contribution in [2.45, 2.75) is 0 Å². The number of aromatic nitrogens is 5. The van der Waals surface area contributed by atoms with Gasteiger partial charge in [0, 0.05) is 56.4 Å². The van der Waals surface area contributed by atoms with Crippen molar-refractivity contribution in [3.8, 4) is 11.3 Å². The van der Waals surface area contributed by atoms with Crippen molar-refractivity contribution in [1.29, 1.82) is 0 Å². The van der Waals surface area contributed by atoms with Gasteiger partial charge in [-0.1, -0.05) is 18.2 Å². The molecule has 1 aromatic carbocycles. The number of amides is 2. The maximum absolute atomic E-state index is 13.8. The summed E-state index contributed by atoms with van der Waals surface area (Å²) in [6, 6.07) is 17.1. The van der Waals surface area contributed by atoms with Crippen molar-refractivity contribution in [1.82, 2.24) is 29.5 Å². The third-order valence-corrected chi connectivity index (χ3v) is 7.80. The fourth-order valence-electron chi connectivity index (χ4n) is 5.56. The monoisotopic (exact) mass is 579 g/mol. The molecule has 0 radical (unpaired) electrons. The number of imidazole rings is 1. The lowest BCUT2D eigenvalue weighted by Crippen LogP contribution is -2.48. The lowest BCUT2D eigenvalue weighted by atomic mass is 10.1.